The molecule has 2 aromatic rings. The van der Waals surface area contributed by atoms with Crippen molar-refractivity contribution >= 4 is 11.8 Å². The summed E-state index contributed by atoms with van der Waals surface area (Å²) < 4.78 is 6.80. The maximum atomic E-state index is 4.70. The first kappa shape index (κ1) is 13.6. The van der Waals surface area contributed by atoms with E-state index in [9.17, 15) is 0 Å². The first-order valence-electron chi connectivity index (χ1n) is 6.76. The minimum atomic E-state index is 0.513. The van der Waals surface area contributed by atoms with Gasteiger partial charge in [0.2, 0.25) is 0 Å². The van der Waals surface area contributed by atoms with Crippen LogP contribution in [0, 0.1) is 6.92 Å². The van der Waals surface area contributed by atoms with Gasteiger partial charge >= 0.3 is 0 Å². The second-order valence-electron chi connectivity index (χ2n) is 5.01. The normalized spacial score (nSPS) is 16.7. The topological polar surface area (TPSA) is 81.7 Å². The Bertz CT molecular complexity index is 574. The largest absolute Gasteiger partial charge is 0.317 e. The molecule has 1 saturated heterocycles. The van der Waals surface area contributed by atoms with E-state index < -0.39 is 0 Å². The fourth-order valence-electron chi connectivity index (χ4n) is 2.40. The van der Waals surface area contributed by atoms with Crippen LogP contribution in [0.2, 0.25) is 0 Å². The zero-order valence-electron chi connectivity index (χ0n) is 11.7. The van der Waals surface area contributed by atoms with Crippen LogP contribution in [0.3, 0.4) is 0 Å². The highest BCUT2D eigenvalue weighted by molar-refractivity contribution is 7.98. The summed E-state index contributed by atoms with van der Waals surface area (Å²) >= 11 is 1.61. The molecule has 0 unspecified atom stereocenters. The van der Waals surface area contributed by atoms with Gasteiger partial charge in [0.25, 0.3) is 0 Å². The van der Waals surface area contributed by atoms with E-state index in [1.807, 2.05) is 14.0 Å². The Morgan fingerprint density at radius 2 is 2.10 bits per heavy atom. The molecule has 20 heavy (non-hydrogen) atoms. The van der Waals surface area contributed by atoms with Gasteiger partial charge in [-0.25, -0.2) is 4.63 Å². The maximum absolute atomic E-state index is 4.70. The molecular formula is C12H18N6OS. The molecule has 0 radical (unpaired) electrons. The molecular weight excluding hydrogens is 276 g/mol. The molecule has 0 amide bonds. The van der Waals surface area contributed by atoms with Crippen molar-refractivity contribution in [2.24, 2.45) is 7.05 Å². The van der Waals surface area contributed by atoms with Gasteiger partial charge in [0.05, 0.1) is 0 Å². The minimum Gasteiger partial charge on any atom is -0.317 e. The second-order valence-corrected chi connectivity index (χ2v) is 5.95. The number of hydrogen-bond donors (Lipinski definition) is 1. The van der Waals surface area contributed by atoms with Crippen LogP contribution >= 0.6 is 11.8 Å². The number of rotatable bonds is 4. The predicted molar refractivity (Wildman–Crippen MR) is 74.4 cm³/mol. The van der Waals surface area contributed by atoms with Crippen LogP contribution in [0.25, 0.3) is 0 Å². The van der Waals surface area contributed by atoms with Gasteiger partial charge in [0.15, 0.2) is 5.16 Å². The molecule has 0 aliphatic carbocycles. The number of nitrogens with one attached hydrogen (secondary N) is 1. The first-order chi connectivity index (χ1) is 9.75. The summed E-state index contributed by atoms with van der Waals surface area (Å²) in [6.07, 6.45) is 2.26. The lowest BCUT2D eigenvalue weighted by molar-refractivity contribution is 0.302. The summed E-state index contributed by atoms with van der Waals surface area (Å²) in [5, 5.41) is 20.6. The molecule has 108 valence electrons. The Balaban J connectivity index is 1.68. The minimum absolute atomic E-state index is 0.513. The third-order valence-electron chi connectivity index (χ3n) is 3.66. The average Bonchev–Trinajstić information content (AvgIpc) is 3.04. The SMILES string of the molecule is Cc1nonc1CSc1nnc(C2CCNCC2)n1C. The predicted octanol–water partition coefficient (Wildman–Crippen LogP) is 1.27. The smallest absolute Gasteiger partial charge is 0.191 e. The summed E-state index contributed by atoms with van der Waals surface area (Å²) in [6.45, 7) is 4.01. The lowest BCUT2D eigenvalue weighted by Gasteiger charge is -2.21. The zero-order chi connectivity index (χ0) is 13.9. The van der Waals surface area contributed by atoms with E-state index in [2.05, 4.69) is 30.4 Å². The monoisotopic (exact) mass is 294 g/mol. The highest BCUT2D eigenvalue weighted by atomic mass is 32.2. The van der Waals surface area contributed by atoms with Crippen molar-refractivity contribution in [1.29, 1.82) is 0 Å². The van der Waals surface area contributed by atoms with Crippen LogP contribution in [-0.2, 0) is 12.8 Å². The van der Waals surface area contributed by atoms with Crippen molar-refractivity contribution < 1.29 is 4.63 Å². The molecule has 1 aliphatic rings. The fourth-order valence-corrected chi connectivity index (χ4v) is 3.31. The number of nitrogens with zero attached hydrogens (tertiary/aromatic N) is 5. The number of aryl methyl sites for hydroxylation is 1. The first-order valence-corrected chi connectivity index (χ1v) is 7.75. The molecule has 0 bridgehead atoms. The maximum Gasteiger partial charge on any atom is 0.191 e. The quantitative estimate of drug-likeness (QED) is 0.850. The van der Waals surface area contributed by atoms with E-state index in [4.69, 9.17) is 4.63 Å². The number of aromatic nitrogens is 5. The number of hydrogen-bond acceptors (Lipinski definition) is 7. The molecule has 1 aliphatic heterocycles. The van der Waals surface area contributed by atoms with Gasteiger partial charge in [0.1, 0.15) is 17.2 Å². The van der Waals surface area contributed by atoms with E-state index in [1.54, 1.807) is 11.8 Å². The van der Waals surface area contributed by atoms with Crippen LogP contribution in [0.4, 0.5) is 0 Å². The molecule has 3 heterocycles. The zero-order valence-corrected chi connectivity index (χ0v) is 12.5. The lowest BCUT2D eigenvalue weighted by Crippen LogP contribution is -2.27. The Hall–Kier alpha value is -1.41. The van der Waals surface area contributed by atoms with E-state index in [1.165, 1.54) is 0 Å². The van der Waals surface area contributed by atoms with Gasteiger partial charge in [-0.3, -0.25) is 0 Å². The molecule has 0 atom stereocenters. The summed E-state index contributed by atoms with van der Waals surface area (Å²) in [5.41, 5.74) is 1.69. The van der Waals surface area contributed by atoms with E-state index >= 15 is 0 Å². The molecule has 8 heteroatoms. The Morgan fingerprint density at radius 1 is 1.30 bits per heavy atom. The Kier molecular flexibility index (Phi) is 4.02. The van der Waals surface area contributed by atoms with E-state index in [0.29, 0.717) is 11.7 Å². The van der Waals surface area contributed by atoms with Crippen LogP contribution in [-0.4, -0.2) is 38.2 Å². The van der Waals surface area contributed by atoms with Crippen molar-refractivity contribution in [1.82, 2.24) is 30.4 Å². The highest BCUT2D eigenvalue weighted by Gasteiger charge is 2.22. The summed E-state index contributed by atoms with van der Waals surface area (Å²) in [5.74, 6) is 2.30. The Morgan fingerprint density at radius 3 is 2.80 bits per heavy atom. The van der Waals surface area contributed by atoms with Gasteiger partial charge in [-0.1, -0.05) is 22.1 Å². The van der Waals surface area contributed by atoms with Gasteiger partial charge < -0.3 is 9.88 Å². The molecule has 7 nitrogen and oxygen atoms in total. The molecule has 2 aromatic heterocycles. The second kappa shape index (κ2) is 5.92. The third-order valence-corrected chi connectivity index (χ3v) is 4.69. The van der Waals surface area contributed by atoms with Crippen LogP contribution < -0.4 is 5.32 Å². The van der Waals surface area contributed by atoms with Gasteiger partial charge in [-0.05, 0) is 32.9 Å². The molecule has 0 aromatic carbocycles. The molecule has 0 spiro atoms. The Labute approximate surface area is 121 Å². The summed E-state index contributed by atoms with van der Waals surface area (Å²) in [6, 6.07) is 0. The van der Waals surface area contributed by atoms with E-state index in [-0.39, 0.29) is 0 Å². The van der Waals surface area contributed by atoms with E-state index in [0.717, 1.165) is 48.3 Å². The molecule has 3 rings (SSSR count). The third kappa shape index (κ3) is 2.71. The lowest BCUT2D eigenvalue weighted by atomic mass is 9.97. The van der Waals surface area contributed by atoms with Gasteiger partial charge in [-0.15, -0.1) is 10.2 Å². The highest BCUT2D eigenvalue weighted by Crippen LogP contribution is 2.27. The van der Waals surface area contributed by atoms with Crippen LogP contribution in [0.5, 0.6) is 0 Å². The van der Waals surface area contributed by atoms with Crippen molar-refractivity contribution in [2.45, 2.75) is 36.6 Å². The molecule has 1 fully saturated rings. The summed E-state index contributed by atoms with van der Waals surface area (Å²) in [4.78, 5) is 0. The number of piperidine rings is 1. The van der Waals surface area contributed by atoms with Crippen LogP contribution in [0.15, 0.2) is 9.79 Å². The van der Waals surface area contributed by atoms with Gasteiger partial charge in [-0.2, -0.15) is 0 Å². The van der Waals surface area contributed by atoms with Crippen LogP contribution in [0.1, 0.15) is 36.0 Å². The van der Waals surface area contributed by atoms with Crippen molar-refractivity contribution in [3.63, 3.8) is 0 Å². The number of thioether (sulfide) groups is 1. The molecule has 0 saturated carbocycles. The van der Waals surface area contributed by atoms with Gasteiger partial charge in [0, 0.05) is 18.7 Å². The summed E-state index contributed by atoms with van der Waals surface area (Å²) in [7, 11) is 2.04. The standard InChI is InChI=1S/C12H18N6OS/c1-8-10(17-19-16-8)7-20-12-15-14-11(18(12)2)9-3-5-13-6-4-9/h9,13H,3-7H2,1-2H3. The molecule has 1 N–H and O–H groups in total. The van der Waals surface area contributed by atoms with Crippen molar-refractivity contribution in [3.05, 3.63) is 17.2 Å². The van der Waals surface area contributed by atoms with Crippen molar-refractivity contribution in [3.8, 4) is 0 Å². The average molecular weight is 294 g/mol. The fraction of sp³-hybridized carbons (Fsp3) is 0.667. The van der Waals surface area contributed by atoms with Crippen molar-refractivity contribution in [2.75, 3.05) is 13.1 Å².